The molecule has 1 aromatic heterocycles. The molecule has 16 heteroatoms. The van der Waals surface area contributed by atoms with Crippen LogP contribution < -0.4 is 27.0 Å². The standard InChI is InChI=1S/C49H56Cl2FN7O6/c1-4-22-48(23-5-2)49(33-17-14-29(50)26-35(33)54-46(49)64)39(32-9-6-10-34(51)40(32)52)41(56-48)44(62)53-30-15-12-28(13-16-30)45(63)58-24-20-27(21-25-58)31-8-7-11-36-42(31)57(3)47(65)59(36)37-18-19-38(60)55-43(37)61/h6-11,14,17,26-28,30,37,39,41,56H,4-5,12-13,15-16,18-25H2,1-3H3,(H,53,62)(H,54,64)(H,55,60,61)/t28?,30?,37?,39-,41+,49+/m0/s1. The average molecular weight is 929 g/mol. The van der Waals surface area contributed by atoms with Gasteiger partial charge in [-0.1, -0.05) is 80.2 Å². The van der Waals surface area contributed by atoms with Crippen molar-refractivity contribution in [2.75, 3.05) is 18.4 Å². The van der Waals surface area contributed by atoms with Gasteiger partial charge in [-0.25, -0.2) is 9.18 Å². The second kappa shape index (κ2) is 17.6. The third-order valence-electron chi connectivity index (χ3n) is 15.3. The van der Waals surface area contributed by atoms with E-state index in [9.17, 15) is 28.8 Å². The number of amides is 5. The highest BCUT2D eigenvalue weighted by Crippen LogP contribution is 2.62. The van der Waals surface area contributed by atoms with Crippen molar-refractivity contribution in [3.63, 3.8) is 0 Å². The molecule has 5 heterocycles. The highest BCUT2D eigenvalue weighted by atomic mass is 35.5. The summed E-state index contributed by atoms with van der Waals surface area (Å²) in [6.45, 7) is 5.22. The molecule has 5 aliphatic rings. The molecule has 1 spiro atoms. The number of aromatic nitrogens is 2. The van der Waals surface area contributed by atoms with E-state index in [4.69, 9.17) is 23.2 Å². The molecule has 1 unspecified atom stereocenters. The Kier molecular flexibility index (Phi) is 12.2. The summed E-state index contributed by atoms with van der Waals surface area (Å²) in [5.41, 5.74) is 1.26. The first-order chi connectivity index (χ1) is 31.2. The number of para-hydroxylation sites is 1. The maximum atomic E-state index is 16.4. The molecule has 3 aromatic carbocycles. The Bertz CT molecular complexity index is 2640. The second-order valence-electron chi connectivity index (χ2n) is 18.8. The number of imide groups is 1. The van der Waals surface area contributed by atoms with Gasteiger partial charge < -0.3 is 15.5 Å². The van der Waals surface area contributed by atoms with Crippen molar-refractivity contribution in [1.29, 1.82) is 0 Å². The number of halogens is 3. The van der Waals surface area contributed by atoms with Crippen LogP contribution in [0.2, 0.25) is 10.0 Å². The first-order valence-electron chi connectivity index (χ1n) is 23.2. The Morgan fingerprint density at radius 1 is 0.862 bits per heavy atom. The van der Waals surface area contributed by atoms with Gasteiger partial charge in [-0.15, -0.1) is 0 Å². The van der Waals surface area contributed by atoms with Gasteiger partial charge in [0.05, 0.1) is 22.1 Å². The number of aryl methyl sites for hydroxylation is 1. The molecule has 4 atom stereocenters. The SMILES string of the molecule is CCCC1(CCC)N[C@@H](C(=O)NC2CCC(C(=O)N3CCC(c4cccc5c4n(C)c(=O)n5C4CCC(=O)NC4=O)CC3)CC2)[C@H](c2cccc(Cl)c2F)[C@]12C(=O)Nc1cc(Cl)ccc12. The molecule has 3 saturated heterocycles. The van der Waals surface area contributed by atoms with Crippen molar-refractivity contribution in [3.05, 3.63) is 97.6 Å². The molecule has 4 N–H and O–H groups in total. The minimum absolute atomic E-state index is 0.0896. The molecule has 65 heavy (non-hydrogen) atoms. The van der Waals surface area contributed by atoms with Crippen molar-refractivity contribution < 1.29 is 28.4 Å². The van der Waals surface area contributed by atoms with Crippen LogP contribution in [-0.4, -0.2) is 74.3 Å². The number of anilines is 1. The molecular formula is C49H56Cl2FN7O6. The summed E-state index contributed by atoms with van der Waals surface area (Å²) in [6, 6.07) is 13.8. The summed E-state index contributed by atoms with van der Waals surface area (Å²) in [5.74, 6) is -3.05. The van der Waals surface area contributed by atoms with Crippen LogP contribution in [0.5, 0.6) is 0 Å². The Hall–Kier alpha value is -5.05. The summed E-state index contributed by atoms with van der Waals surface area (Å²) in [4.78, 5) is 83.8. The molecule has 4 fully saturated rings. The number of nitrogens with one attached hydrogen (secondary N) is 4. The highest BCUT2D eigenvalue weighted by Gasteiger charge is 2.72. The van der Waals surface area contributed by atoms with E-state index in [0.29, 0.717) is 99.1 Å². The molecule has 1 aliphatic carbocycles. The van der Waals surface area contributed by atoms with Gasteiger partial charge in [0.1, 0.15) is 17.3 Å². The van der Waals surface area contributed by atoms with Crippen molar-refractivity contribution in [2.24, 2.45) is 13.0 Å². The number of benzene rings is 3. The lowest BCUT2D eigenvalue weighted by Crippen LogP contribution is -2.59. The van der Waals surface area contributed by atoms with Crippen LogP contribution >= 0.6 is 23.2 Å². The van der Waals surface area contributed by atoms with Crippen molar-refractivity contribution in [3.8, 4) is 0 Å². The van der Waals surface area contributed by atoms with E-state index < -0.39 is 40.7 Å². The lowest BCUT2D eigenvalue weighted by molar-refractivity contribution is -0.138. The molecule has 9 rings (SSSR count). The van der Waals surface area contributed by atoms with Crippen LogP contribution in [0.4, 0.5) is 10.1 Å². The van der Waals surface area contributed by atoms with Gasteiger partial charge in [-0.3, -0.25) is 43.7 Å². The van der Waals surface area contributed by atoms with E-state index >= 15 is 4.39 Å². The maximum Gasteiger partial charge on any atom is 0.329 e. The van der Waals surface area contributed by atoms with E-state index in [-0.39, 0.29) is 70.6 Å². The smallest absolute Gasteiger partial charge is 0.329 e. The van der Waals surface area contributed by atoms with Gasteiger partial charge in [-0.2, -0.15) is 0 Å². The van der Waals surface area contributed by atoms with Gasteiger partial charge in [-0.05, 0) is 105 Å². The van der Waals surface area contributed by atoms with Crippen LogP contribution in [0.3, 0.4) is 0 Å². The lowest BCUT2D eigenvalue weighted by Gasteiger charge is -2.45. The van der Waals surface area contributed by atoms with Crippen molar-refractivity contribution in [1.82, 2.24) is 30.0 Å². The van der Waals surface area contributed by atoms with E-state index in [1.807, 2.05) is 43.0 Å². The van der Waals surface area contributed by atoms with Crippen LogP contribution in [-0.2, 0) is 36.4 Å². The Balaban J connectivity index is 0.897. The summed E-state index contributed by atoms with van der Waals surface area (Å²) in [7, 11) is 1.71. The van der Waals surface area contributed by atoms with Crippen molar-refractivity contribution >= 4 is 69.5 Å². The molecule has 4 aromatic rings. The summed E-state index contributed by atoms with van der Waals surface area (Å²) in [5, 5.41) is 12.8. The minimum Gasteiger partial charge on any atom is -0.352 e. The third kappa shape index (κ3) is 7.38. The molecule has 13 nitrogen and oxygen atoms in total. The molecule has 1 saturated carbocycles. The number of nitrogens with zero attached hydrogens (tertiary/aromatic N) is 3. The largest absolute Gasteiger partial charge is 0.352 e. The fourth-order valence-corrected chi connectivity index (χ4v) is 12.9. The first-order valence-corrected chi connectivity index (χ1v) is 24.0. The maximum absolute atomic E-state index is 16.4. The predicted molar refractivity (Wildman–Crippen MR) is 246 cm³/mol. The number of hydrogen-bond acceptors (Lipinski definition) is 7. The van der Waals surface area contributed by atoms with E-state index in [0.717, 1.165) is 11.1 Å². The molecule has 5 amide bonds. The Morgan fingerprint density at radius 2 is 1.55 bits per heavy atom. The van der Waals surface area contributed by atoms with Gasteiger partial charge in [0, 0.05) is 60.7 Å². The van der Waals surface area contributed by atoms with E-state index in [2.05, 4.69) is 21.3 Å². The summed E-state index contributed by atoms with van der Waals surface area (Å²) < 4.78 is 19.5. The zero-order valence-corrected chi connectivity index (χ0v) is 38.5. The van der Waals surface area contributed by atoms with Crippen LogP contribution in [0.1, 0.15) is 125 Å². The summed E-state index contributed by atoms with van der Waals surface area (Å²) >= 11 is 12.9. The van der Waals surface area contributed by atoms with Crippen LogP contribution in [0, 0.1) is 11.7 Å². The van der Waals surface area contributed by atoms with E-state index in [1.54, 1.807) is 35.9 Å². The van der Waals surface area contributed by atoms with Gasteiger partial charge >= 0.3 is 5.69 Å². The number of rotatable bonds is 10. The number of hydrogen-bond donors (Lipinski definition) is 4. The third-order valence-corrected chi connectivity index (χ3v) is 15.8. The fraction of sp³-hybridized carbons (Fsp3) is 0.510. The monoisotopic (exact) mass is 927 g/mol. The lowest BCUT2D eigenvalue weighted by atomic mass is 9.56. The fourth-order valence-electron chi connectivity index (χ4n) is 12.5. The van der Waals surface area contributed by atoms with E-state index in [1.165, 1.54) is 10.6 Å². The quantitative estimate of drug-likeness (QED) is 0.123. The van der Waals surface area contributed by atoms with Gasteiger partial charge in [0.15, 0.2) is 0 Å². The Morgan fingerprint density at radius 3 is 2.25 bits per heavy atom. The highest BCUT2D eigenvalue weighted by molar-refractivity contribution is 6.31. The summed E-state index contributed by atoms with van der Waals surface area (Å²) in [6.07, 6.45) is 6.74. The average Bonchev–Trinajstić information content (AvgIpc) is 3.85. The molecular weight excluding hydrogens is 872 g/mol. The second-order valence-corrected chi connectivity index (χ2v) is 19.7. The van der Waals surface area contributed by atoms with Gasteiger partial charge in [0.25, 0.3) is 0 Å². The van der Waals surface area contributed by atoms with Gasteiger partial charge in [0.2, 0.25) is 29.5 Å². The van der Waals surface area contributed by atoms with Crippen molar-refractivity contribution in [2.45, 2.75) is 132 Å². The zero-order valence-electron chi connectivity index (χ0n) is 37.0. The molecule has 0 bridgehead atoms. The zero-order chi connectivity index (χ0) is 45.9. The molecule has 344 valence electrons. The number of carbonyl (C=O) groups excluding carboxylic acids is 5. The van der Waals surface area contributed by atoms with Crippen LogP contribution in [0.15, 0.2) is 59.4 Å². The minimum atomic E-state index is -1.37. The number of fused-ring (bicyclic) bond motifs is 3. The number of carbonyl (C=O) groups is 5. The number of piperidine rings is 2. The normalized spacial score (nSPS) is 26.6. The first kappa shape index (κ1) is 45.1. The number of imidazole rings is 1. The molecule has 4 aliphatic heterocycles. The Labute approximate surface area is 387 Å². The topological polar surface area (TPSA) is 164 Å². The van der Waals surface area contributed by atoms with Crippen LogP contribution in [0.25, 0.3) is 11.0 Å². The molecule has 0 radical (unpaired) electrons. The number of likely N-dealkylation sites (tertiary alicyclic amines) is 1. The predicted octanol–water partition coefficient (Wildman–Crippen LogP) is 7.13.